The molecule has 0 unspecified atom stereocenters. The highest BCUT2D eigenvalue weighted by atomic mass is 16.6. The maximum atomic E-state index is 5.58. The van der Waals surface area contributed by atoms with Crippen molar-refractivity contribution < 1.29 is 9.47 Å². The summed E-state index contributed by atoms with van der Waals surface area (Å²) in [7, 11) is 0. The molecule has 0 radical (unpaired) electrons. The van der Waals surface area contributed by atoms with Crippen LogP contribution in [-0.2, 0) is 4.74 Å². The molecule has 1 saturated heterocycles. The Balaban J connectivity index is 0.000000160. The number of benzene rings is 3. The fraction of sp³-hybridized carbons (Fsp3) is 0.0909. The van der Waals surface area contributed by atoms with Gasteiger partial charge in [0.05, 0.1) is 13.2 Å². The van der Waals surface area contributed by atoms with Crippen LogP contribution < -0.4 is 4.74 Å². The minimum absolute atomic E-state index is 0.869. The van der Waals surface area contributed by atoms with Crippen LogP contribution in [0.1, 0.15) is 5.56 Å². The fourth-order valence-corrected chi connectivity index (χ4v) is 1.70. The zero-order valence-corrected chi connectivity index (χ0v) is 13.7. The van der Waals surface area contributed by atoms with Gasteiger partial charge in [-0.05, 0) is 29.8 Å². The van der Waals surface area contributed by atoms with E-state index in [1.54, 1.807) is 0 Å². The number of epoxide rings is 1. The van der Waals surface area contributed by atoms with E-state index in [0.717, 1.165) is 24.7 Å². The maximum Gasteiger partial charge on any atom is 0.127 e. The first-order chi connectivity index (χ1) is 11.9. The molecule has 1 fully saturated rings. The lowest BCUT2D eigenvalue weighted by atomic mass is 10.2. The SMILES string of the molecule is C1CO1.C=Cc1ccccc1.c1ccc(Oc2ccccc2)cc1. The molecule has 0 aliphatic carbocycles. The highest BCUT2D eigenvalue weighted by Crippen LogP contribution is 2.19. The van der Waals surface area contributed by atoms with Gasteiger partial charge in [-0.25, -0.2) is 0 Å². The minimum atomic E-state index is 0.869. The standard InChI is InChI=1S/C12H10O.C8H8.C2H4O/c1-3-7-11(8-4-1)13-12-9-5-2-6-10-12;1-2-8-6-4-3-5-7-8;1-2-3-1/h1-10H;2-7H,1H2;1-2H2. The van der Waals surface area contributed by atoms with Gasteiger partial charge in [-0.15, -0.1) is 0 Å². The first-order valence-corrected chi connectivity index (χ1v) is 7.91. The van der Waals surface area contributed by atoms with E-state index in [-0.39, 0.29) is 0 Å². The van der Waals surface area contributed by atoms with Crippen LogP contribution in [0.4, 0.5) is 0 Å². The van der Waals surface area contributed by atoms with Gasteiger partial charge in [-0.3, -0.25) is 0 Å². The molecule has 3 aromatic carbocycles. The Hall–Kier alpha value is -2.84. The van der Waals surface area contributed by atoms with E-state index < -0.39 is 0 Å². The number of hydrogen-bond donors (Lipinski definition) is 0. The topological polar surface area (TPSA) is 21.8 Å². The smallest absolute Gasteiger partial charge is 0.127 e. The number of ether oxygens (including phenoxy) is 2. The maximum absolute atomic E-state index is 5.58. The summed E-state index contributed by atoms with van der Waals surface area (Å²) in [5, 5.41) is 0. The molecule has 3 aromatic rings. The van der Waals surface area contributed by atoms with Gasteiger partial charge >= 0.3 is 0 Å². The van der Waals surface area contributed by atoms with Crippen LogP contribution in [0.25, 0.3) is 6.08 Å². The Bertz CT molecular complexity index is 637. The lowest BCUT2D eigenvalue weighted by Gasteiger charge is -2.03. The third kappa shape index (κ3) is 7.97. The Labute approximate surface area is 144 Å². The van der Waals surface area contributed by atoms with Gasteiger partial charge in [0, 0.05) is 0 Å². The summed E-state index contributed by atoms with van der Waals surface area (Å²) in [6.07, 6.45) is 1.83. The van der Waals surface area contributed by atoms with Crippen LogP contribution in [0, 0.1) is 0 Å². The summed E-state index contributed by atoms with van der Waals surface area (Å²) in [4.78, 5) is 0. The third-order valence-corrected chi connectivity index (χ3v) is 2.96. The summed E-state index contributed by atoms with van der Waals surface area (Å²) in [5.41, 5.74) is 1.17. The molecule has 1 heterocycles. The van der Waals surface area contributed by atoms with Crippen molar-refractivity contribution in [3.8, 4) is 11.5 Å². The normalized spacial score (nSPS) is 11.0. The van der Waals surface area contributed by atoms with Crippen molar-refractivity contribution in [1.29, 1.82) is 0 Å². The molecule has 4 rings (SSSR count). The lowest BCUT2D eigenvalue weighted by Crippen LogP contribution is -1.81. The third-order valence-electron chi connectivity index (χ3n) is 2.96. The van der Waals surface area contributed by atoms with Crippen molar-refractivity contribution in [2.24, 2.45) is 0 Å². The van der Waals surface area contributed by atoms with E-state index in [1.165, 1.54) is 5.56 Å². The van der Waals surface area contributed by atoms with Crippen molar-refractivity contribution >= 4 is 6.08 Å². The largest absolute Gasteiger partial charge is 0.457 e. The molecule has 0 aromatic heterocycles. The molecular weight excluding hydrogens is 296 g/mol. The molecule has 24 heavy (non-hydrogen) atoms. The monoisotopic (exact) mass is 318 g/mol. The molecule has 2 nitrogen and oxygen atoms in total. The molecule has 0 N–H and O–H groups in total. The highest BCUT2D eigenvalue weighted by molar-refractivity contribution is 5.45. The first-order valence-electron chi connectivity index (χ1n) is 7.91. The van der Waals surface area contributed by atoms with E-state index in [0.29, 0.717) is 0 Å². The molecule has 1 aliphatic rings. The summed E-state index contributed by atoms with van der Waals surface area (Å²) < 4.78 is 10.1. The number of rotatable bonds is 3. The second-order valence-corrected chi connectivity index (χ2v) is 4.96. The van der Waals surface area contributed by atoms with Crippen LogP contribution in [0.2, 0.25) is 0 Å². The molecule has 0 saturated carbocycles. The fourth-order valence-electron chi connectivity index (χ4n) is 1.70. The summed E-state index contributed by atoms with van der Waals surface area (Å²) >= 11 is 0. The Morgan fingerprint density at radius 2 is 1.04 bits per heavy atom. The van der Waals surface area contributed by atoms with E-state index >= 15 is 0 Å². The van der Waals surface area contributed by atoms with Gasteiger partial charge < -0.3 is 9.47 Å². The first kappa shape index (κ1) is 17.5. The zero-order valence-electron chi connectivity index (χ0n) is 13.7. The van der Waals surface area contributed by atoms with E-state index in [1.807, 2.05) is 97.1 Å². The number of para-hydroxylation sites is 2. The van der Waals surface area contributed by atoms with Gasteiger partial charge in [0.15, 0.2) is 0 Å². The Morgan fingerprint density at radius 1 is 0.667 bits per heavy atom. The molecule has 0 atom stereocenters. The second kappa shape index (κ2) is 10.8. The van der Waals surface area contributed by atoms with Gasteiger partial charge in [0.25, 0.3) is 0 Å². The zero-order chi connectivity index (χ0) is 16.9. The van der Waals surface area contributed by atoms with Gasteiger partial charge in [0.1, 0.15) is 11.5 Å². The Morgan fingerprint density at radius 3 is 1.33 bits per heavy atom. The lowest BCUT2D eigenvalue weighted by molar-refractivity contribution is 0.475. The van der Waals surface area contributed by atoms with E-state index in [2.05, 4.69) is 11.3 Å². The van der Waals surface area contributed by atoms with Gasteiger partial charge in [-0.1, -0.05) is 79.4 Å². The summed E-state index contributed by atoms with van der Waals surface area (Å²) in [5.74, 6) is 1.74. The molecule has 2 heteroatoms. The van der Waals surface area contributed by atoms with Crippen LogP contribution in [-0.4, -0.2) is 13.2 Å². The van der Waals surface area contributed by atoms with Crippen LogP contribution in [0.3, 0.4) is 0 Å². The van der Waals surface area contributed by atoms with Crippen molar-refractivity contribution in [1.82, 2.24) is 0 Å². The van der Waals surface area contributed by atoms with Crippen LogP contribution in [0.15, 0.2) is 97.6 Å². The summed E-state index contributed by atoms with van der Waals surface area (Å²) in [6, 6.07) is 29.5. The van der Waals surface area contributed by atoms with Crippen molar-refractivity contribution in [2.75, 3.05) is 13.2 Å². The molecule has 122 valence electrons. The molecular formula is C22H22O2. The molecule has 0 bridgehead atoms. The van der Waals surface area contributed by atoms with Crippen molar-refractivity contribution in [3.63, 3.8) is 0 Å². The molecule has 1 aliphatic heterocycles. The quantitative estimate of drug-likeness (QED) is 0.567. The Kier molecular flexibility index (Phi) is 7.89. The number of hydrogen-bond acceptors (Lipinski definition) is 2. The predicted octanol–water partition coefficient (Wildman–Crippen LogP) is 5.83. The minimum Gasteiger partial charge on any atom is -0.457 e. The van der Waals surface area contributed by atoms with E-state index in [4.69, 9.17) is 4.74 Å². The van der Waals surface area contributed by atoms with Crippen molar-refractivity contribution in [2.45, 2.75) is 0 Å². The average Bonchev–Trinajstić information content (AvgIpc) is 3.54. The molecule has 0 spiro atoms. The van der Waals surface area contributed by atoms with Crippen molar-refractivity contribution in [3.05, 3.63) is 103 Å². The van der Waals surface area contributed by atoms with Crippen LogP contribution >= 0.6 is 0 Å². The molecule has 0 amide bonds. The van der Waals surface area contributed by atoms with Gasteiger partial charge in [0.2, 0.25) is 0 Å². The van der Waals surface area contributed by atoms with E-state index in [9.17, 15) is 0 Å². The average molecular weight is 318 g/mol. The second-order valence-electron chi connectivity index (χ2n) is 4.96. The van der Waals surface area contributed by atoms with Gasteiger partial charge in [-0.2, -0.15) is 0 Å². The predicted molar refractivity (Wildman–Crippen MR) is 100 cm³/mol. The highest BCUT2D eigenvalue weighted by Gasteiger charge is 1.94. The summed E-state index contributed by atoms with van der Waals surface area (Å²) in [6.45, 7) is 5.63. The van der Waals surface area contributed by atoms with Crippen LogP contribution in [0.5, 0.6) is 11.5 Å².